The number of anilines is 1. The van der Waals surface area contributed by atoms with Crippen molar-refractivity contribution in [1.29, 1.82) is 0 Å². The van der Waals surface area contributed by atoms with Crippen LogP contribution in [0.4, 0.5) is 11.4 Å². The number of aliphatic imine (C=N–C) groups is 1. The maximum atomic E-state index is 5.67. The normalized spacial score (nSPS) is 14.5. The number of nitrogen functional groups attached to an aromatic ring is 1. The lowest BCUT2D eigenvalue weighted by atomic mass is 10.1. The summed E-state index contributed by atoms with van der Waals surface area (Å²) in [5.74, 6) is 0. The van der Waals surface area contributed by atoms with Crippen molar-refractivity contribution >= 4 is 17.6 Å². The molecule has 2 rings (SSSR count). The van der Waals surface area contributed by atoms with Crippen molar-refractivity contribution in [3.05, 3.63) is 18.0 Å². The standard InChI is InChI=1S/C8H9N3/c9-7-5-10-4-6-2-1-3-11-8(6)7/h3-5H,1-2,9H2. The van der Waals surface area contributed by atoms with E-state index in [4.69, 9.17) is 5.73 Å². The van der Waals surface area contributed by atoms with E-state index in [-0.39, 0.29) is 0 Å². The molecular formula is C8H9N3. The molecule has 0 radical (unpaired) electrons. The highest BCUT2D eigenvalue weighted by Gasteiger charge is 2.07. The molecule has 0 atom stereocenters. The van der Waals surface area contributed by atoms with Crippen LogP contribution in [0.5, 0.6) is 0 Å². The van der Waals surface area contributed by atoms with Gasteiger partial charge in [0.2, 0.25) is 0 Å². The molecule has 1 aliphatic heterocycles. The van der Waals surface area contributed by atoms with E-state index in [0.29, 0.717) is 5.69 Å². The fraction of sp³-hybridized carbons (Fsp3) is 0.250. The second kappa shape index (κ2) is 2.34. The average molecular weight is 147 g/mol. The lowest BCUT2D eigenvalue weighted by Crippen LogP contribution is -1.98. The van der Waals surface area contributed by atoms with Crippen LogP contribution in [0.2, 0.25) is 0 Å². The number of nitrogens with zero attached hydrogens (tertiary/aromatic N) is 2. The van der Waals surface area contributed by atoms with Gasteiger partial charge in [0, 0.05) is 12.4 Å². The highest BCUT2D eigenvalue weighted by Crippen LogP contribution is 2.28. The first kappa shape index (κ1) is 6.34. The van der Waals surface area contributed by atoms with E-state index in [0.717, 1.165) is 24.1 Å². The molecule has 11 heavy (non-hydrogen) atoms. The van der Waals surface area contributed by atoms with E-state index in [1.54, 1.807) is 6.20 Å². The minimum atomic E-state index is 0.679. The maximum absolute atomic E-state index is 5.67. The Hall–Kier alpha value is -1.38. The molecule has 0 amide bonds. The second-order valence-electron chi connectivity index (χ2n) is 2.59. The van der Waals surface area contributed by atoms with Gasteiger partial charge in [0.25, 0.3) is 0 Å². The first-order valence-corrected chi connectivity index (χ1v) is 3.63. The Labute approximate surface area is 65.0 Å². The highest BCUT2D eigenvalue weighted by atomic mass is 14.8. The van der Waals surface area contributed by atoms with Gasteiger partial charge >= 0.3 is 0 Å². The quantitative estimate of drug-likeness (QED) is 0.601. The van der Waals surface area contributed by atoms with Gasteiger partial charge in [-0.25, -0.2) is 0 Å². The van der Waals surface area contributed by atoms with Crippen molar-refractivity contribution in [3.63, 3.8) is 0 Å². The van der Waals surface area contributed by atoms with Gasteiger partial charge in [-0.05, 0) is 18.4 Å². The molecule has 2 heterocycles. The van der Waals surface area contributed by atoms with Crippen LogP contribution in [0, 0.1) is 0 Å². The predicted molar refractivity (Wildman–Crippen MR) is 45.1 cm³/mol. The smallest absolute Gasteiger partial charge is 0.0918 e. The monoisotopic (exact) mass is 147 g/mol. The first-order valence-electron chi connectivity index (χ1n) is 3.63. The van der Waals surface area contributed by atoms with Gasteiger partial charge in [0.15, 0.2) is 0 Å². The van der Waals surface area contributed by atoms with Crippen LogP contribution >= 0.6 is 0 Å². The number of pyridine rings is 1. The molecule has 0 saturated heterocycles. The van der Waals surface area contributed by atoms with Gasteiger partial charge < -0.3 is 5.73 Å². The van der Waals surface area contributed by atoms with Crippen LogP contribution < -0.4 is 5.73 Å². The molecule has 56 valence electrons. The fourth-order valence-electron chi connectivity index (χ4n) is 1.23. The van der Waals surface area contributed by atoms with Gasteiger partial charge in [-0.1, -0.05) is 0 Å². The molecule has 3 nitrogen and oxygen atoms in total. The molecule has 1 aliphatic rings. The zero-order valence-corrected chi connectivity index (χ0v) is 6.12. The van der Waals surface area contributed by atoms with Crippen molar-refractivity contribution in [1.82, 2.24) is 4.98 Å². The summed E-state index contributed by atoms with van der Waals surface area (Å²) in [4.78, 5) is 8.20. The van der Waals surface area contributed by atoms with E-state index in [1.165, 1.54) is 0 Å². The molecule has 0 fully saturated rings. The summed E-state index contributed by atoms with van der Waals surface area (Å²) in [6.45, 7) is 0. The number of aryl methyl sites for hydroxylation is 1. The Balaban J connectivity index is 2.60. The van der Waals surface area contributed by atoms with Gasteiger partial charge in [-0.2, -0.15) is 0 Å². The Bertz CT molecular complexity index is 304. The molecule has 0 saturated carbocycles. The van der Waals surface area contributed by atoms with Gasteiger partial charge in [0.1, 0.15) is 0 Å². The zero-order valence-electron chi connectivity index (χ0n) is 6.12. The van der Waals surface area contributed by atoms with Crippen LogP contribution in [-0.4, -0.2) is 11.2 Å². The van der Waals surface area contributed by atoms with Crippen molar-refractivity contribution in [2.24, 2.45) is 4.99 Å². The van der Waals surface area contributed by atoms with E-state index in [2.05, 4.69) is 9.98 Å². The fourth-order valence-corrected chi connectivity index (χ4v) is 1.23. The number of nitrogens with two attached hydrogens (primary N) is 1. The average Bonchev–Trinajstić information content (AvgIpc) is 2.06. The Morgan fingerprint density at radius 2 is 2.27 bits per heavy atom. The van der Waals surface area contributed by atoms with Crippen molar-refractivity contribution in [2.75, 3.05) is 5.73 Å². The molecule has 0 bridgehead atoms. The summed E-state index contributed by atoms with van der Waals surface area (Å²) >= 11 is 0. The van der Waals surface area contributed by atoms with E-state index in [1.807, 2.05) is 12.4 Å². The van der Waals surface area contributed by atoms with Crippen molar-refractivity contribution in [3.8, 4) is 0 Å². The topological polar surface area (TPSA) is 51.3 Å². The molecule has 0 aliphatic carbocycles. The maximum Gasteiger partial charge on any atom is 0.0918 e. The van der Waals surface area contributed by atoms with Gasteiger partial charge in [-0.3, -0.25) is 9.98 Å². The van der Waals surface area contributed by atoms with Crippen LogP contribution in [0.1, 0.15) is 12.0 Å². The molecule has 2 N–H and O–H groups in total. The molecule has 1 aromatic rings. The number of hydrogen-bond acceptors (Lipinski definition) is 3. The predicted octanol–water partition coefficient (Wildman–Crippen LogP) is 1.31. The van der Waals surface area contributed by atoms with Gasteiger partial charge in [-0.15, -0.1) is 0 Å². The zero-order chi connectivity index (χ0) is 7.68. The van der Waals surface area contributed by atoms with E-state index >= 15 is 0 Å². The molecule has 0 unspecified atom stereocenters. The third-order valence-electron chi connectivity index (χ3n) is 1.78. The molecule has 1 aromatic heterocycles. The van der Waals surface area contributed by atoms with Crippen LogP contribution in [-0.2, 0) is 6.42 Å². The van der Waals surface area contributed by atoms with Crippen molar-refractivity contribution < 1.29 is 0 Å². The largest absolute Gasteiger partial charge is 0.396 e. The lowest BCUT2D eigenvalue weighted by molar-refractivity contribution is 1.01. The molecule has 0 aromatic carbocycles. The summed E-state index contributed by atoms with van der Waals surface area (Å²) in [7, 11) is 0. The summed E-state index contributed by atoms with van der Waals surface area (Å²) in [5, 5.41) is 0. The SMILES string of the molecule is Nc1cncc2c1N=CCC2. The summed E-state index contributed by atoms with van der Waals surface area (Å²) in [5.41, 5.74) is 8.41. The number of fused-ring (bicyclic) bond motifs is 1. The number of aromatic nitrogens is 1. The van der Waals surface area contributed by atoms with Gasteiger partial charge in [0.05, 0.1) is 17.6 Å². The second-order valence-corrected chi connectivity index (χ2v) is 2.59. The Morgan fingerprint density at radius 1 is 1.36 bits per heavy atom. The van der Waals surface area contributed by atoms with Crippen LogP contribution in [0.15, 0.2) is 17.4 Å². The molecule has 0 spiro atoms. The van der Waals surface area contributed by atoms with Crippen LogP contribution in [0.25, 0.3) is 0 Å². The molecule has 3 heteroatoms. The van der Waals surface area contributed by atoms with Crippen LogP contribution in [0.3, 0.4) is 0 Å². The summed E-state index contributed by atoms with van der Waals surface area (Å²) in [6, 6.07) is 0. The van der Waals surface area contributed by atoms with E-state index in [9.17, 15) is 0 Å². The third kappa shape index (κ3) is 0.981. The molecular weight excluding hydrogens is 138 g/mol. The minimum absolute atomic E-state index is 0.679. The third-order valence-corrected chi connectivity index (χ3v) is 1.78. The summed E-state index contributed by atoms with van der Waals surface area (Å²) < 4.78 is 0. The van der Waals surface area contributed by atoms with Crippen molar-refractivity contribution in [2.45, 2.75) is 12.8 Å². The lowest BCUT2D eigenvalue weighted by Gasteiger charge is -2.09. The minimum Gasteiger partial charge on any atom is -0.396 e. The highest BCUT2D eigenvalue weighted by molar-refractivity contribution is 5.75. The number of rotatable bonds is 0. The Morgan fingerprint density at radius 3 is 3.09 bits per heavy atom. The number of hydrogen-bond donors (Lipinski definition) is 1. The first-order chi connectivity index (χ1) is 5.38. The van der Waals surface area contributed by atoms with E-state index < -0.39 is 0 Å². The Kier molecular flexibility index (Phi) is 1.35. The summed E-state index contributed by atoms with van der Waals surface area (Å²) in [6.07, 6.45) is 7.39.